The predicted octanol–water partition coefficient (Wildman–Crippen LogP) is 0.886. The summed E-state index contributed by atoms with van der Waals surface area (Å²) < 4.78 is 0. The molecule has 7 nitrogen and oxygen atoms in total. The maximum absolute atomic E-state index is 12.8. The summed E-state index contributed by atoms with van der Waals surface area (Å²) in [5.41, 5.74) is 5.03. The van der Waals surface area contributed by atoms with E-state index in [9.17, 15) is 19.7 Å². The van der Waals surface area contributed by atoms with Crippen molar-refractivity contribution in [3.63, 3.8) is 0 Å². The van der Waals surface area contributed by atoms with E-state index in [4.69, 9.17) is 5.73 Å². The Labute approximate surface area is 132 Å². The first-order valence-corrected chi connectivity index (χ1v) is 7.37. The zero-order chi connectivity index (χ0) is 16.8. The molecule has 0 spiro atoms. The molecule has 0 radical (unpaired) electrons. The molecule has 0 aromatic heterocycles. The van der Waals surface area contributed by atoms with Crippen LogP contribution in [-0.2, 0) is 15.0 Å². The van der Waals surface area contributed by atoms with Gasteiger partial charge in [0.25, 0.3) is 5.69 Å². The number of hydrogen-bond acceptors (Lipinski definition) is 4. The van der Waals surface area contributed by atoms with Gasteiger partial charge in [0.15, 0.2) is 0 Å². The second-order valence-electron chi connectivity index (χ2n) is 6.02. The molecule has 3 rings (SSSR count). The minimum atomic E-state index is -1.10. The van der Waals surface area contributed by atoms with Gasteiger partial charge < -0.3 is 11.1 Å². The monoisotopic (exact) mass is 315 g/mol. The summed E-state index contributed by atoms with van der Waals surface area (Å²) in [5, 5.41) is 13.5. The van der Waals surface area contributed by atoms with Gasteiger partial charge in [-0.2, -0.15) is 0 Å². The smallest absolute Gasteiger partial charge is 0.269 e. The highest BCUT2D eigenvalue weighted by atomic mass is 16.6. The lowest BCUT2D eigenvalue weighted by molar-refractivity contribution is -0.384. The fraction of sp³-hybridized carbons (Fsp3) is 0.375. The van der Waals surface area contributed by atoms with E-state index in [1.165, 1.54) is 19.2 Å². The largest absolute Gasteiger partial charge is 0.369 e. The fourth-order valence-electron chi connectivity index (χ4n) is 4.22. The van der Waals surface area contributed by atoms with Crippen molar-refractivity contribution in [2.24, 2.45) is 23.5 Å². The molecule has 1 fully saturated rings. The summed E-state index contributed by atoms with van der Waals surface area (Å²) in [5.74, 6) is -1.69. The normalized spacial score (nSPS) is 31.1. The number of nitrogens with one attached hydrogen (secondary N) is 1. The number of nitrogens with zero attached hydrogens (tertiary/aromatic N) is 1. The molecule has 23 heavy (non-hydrogen) atoms. The van der Waals surface area contributed by atoms with Crippen LogP contribution in [0.25, 0.3) is 0 Å². The molecule has 2 amide bonds. The van der Waals surface area contributed by atoms with Crippen LogP contribution in [0.5, 0.6) is 0 Å². The van der Waals surface area contributed by atoms with Crippen LogP contribution >= 0.6 is 0 Å². The Kier molecular flexibility index (Phi) is 3.43. The topological polar surface area (TPSA) is 115 Å². The van der Waals surface area contributed by atoms with Crippen LogP contribution in [0.4, 0.5) is 5.69 Å². The SMILES string of the molecule is CNC(=O)C1(c2ccc([N+](=O)[O-])cc2)C2C=CC(C2)C1C(N)=O. The van der Waals surface area contributed by atoms with E-state index in [1.54, 1.807) is 12.1 Å². The van der Waals surface area contributed by atoms with Crippen LogP contribution in [-0.4, -0.2) is 23.8 Å². The number of benzene rings is 1. The molecule has 4 atom stereocenters. The molecule has 1 aromatic rings. The molecule has 7 heteroatoms. The molecule has 2 bridgehead atoms. The van der Waals surface area contributed by atoms with Gasteiger partial charge in [0.2, 0.25) is 11.8 Å². The van der Waals surface area contributed by atoms with Crippen LogP contribution in [0.15, 0.2) is 36.4 Å². The van der Waals surface area contributed by atoms with E-state index in [-0.39, 0.29) is 23.4 Å². The van der Waals surface area contributed by atoms with Gasteiger partial charge >= 0.3 is 0 Å². The summed E-state index contributed by atoms with van der Waals surface area (Å²) in [6, 6.07) is 5.82. The number of carbonyl (C=O) groups excluding carboxylic acids is 2. The van der Waals surface area contributed by atoms with Crippen molar-refractivity contribution in [2.45, 2.75) is 11.8 Å². The Morgan fingerprint density at radius 1 is 1.30 bits per heavy atom. The number of carbonyl (C=O) groups is 2. The van der Waals surface area contributed by atoms with Crippen LogP contribution in [0.1, 0.15) is 12.0 Å². The van der Waals surface area contributed by atoms with Gasteiger partial charge in [-0.15, -0.1) is 0 Å². The number of primary amides is 1. The van der Waals surface area contributed by atoms with Crippen molar-refractivity contribution in [2.75, 3.05) is 7.05 Å². The summed E-state index contributed by atoms with van der Waals surface area (Å²) >= 11 is 0. The Morgan fingerprint density at radius 3 is 2.48 bits per heavy atom. The van der Waals surface area contributed by atoms with Gasteiger partial charge in [-0.3, -0.25) is 19.7 Å². The highest BCUT2D eigenvalue weighted by Gasteiger charge is 2.63. The molecule has 0 heterocycles. The number of nitro groups is 1. The lowest BCUT2D eigenvalue weighted by Crippen LogP contribution is -2.54. The van der Waals surface area contributed by atoms with Crippen molar-refractivity contribution in [3.8, 4) is 0 Å². The van der Waals surface area contributed by atoms with E-state index in [0.717, 1.165) is 0 Å². The van der Waals surface area contributed by atoms with Crippen LogP contribution in [0.2, 0.25) is 0 Å². The zero-order valence-corrected chi connectivity index (χ0v) is 12.6. The first kappa shape index (κ1) is 15.2. The highest BCUT2D eigenvalue weighted by molar-refractivity contribution is 5.97. The van der Waals surface area contributed by atoms with Gasteiger partial charge in [0.1, 0.15) is 0 Å². The lowest BCUT2D eigenvalue weighted by atomic mass is 9.63. The van der Waals surface area contributed by atoms with Crippen molar-refractivity contribution in [1.82, 2.24) is 5.32 Å². The van der Waals surface area contributed by atoms with Crippen LogP contribution < -0.4 is 11.1 Å². The Balaban J connectivity index is 2.18. The molecule has 120 valence electrons. The molecule has 4 unspecified atom stereocenters. The zero-order valence-electron chi connectivity index (χ0n) is 12.6. The van der Waals surface area contributed by atoms with Gasteiger partial charge in [-0.05, 0) is 23.8 Å². The fourth-order valence-corrected chi connectivity index (χ4v) is 4.22. The van der Waals surface area contributed by atoms with Crippen molar-refractivity contribution < 1.29 is 14.5 Å². The Bertz CT molecular complexity index is 713. The average molecular weight is 315 g/mol. The maximum Gasteiger partial charge on any atom is 0.269 e. The third kappa shape index (κ3) is 1.96. The van der Waals surface area contributed by atoms with E-state index < -0.39 is 22.2 Å². The second-order valence-corrected chi connectivity index (χ2v) is 6.02. The third-order valence-electron chi connectivity index (χ3n) is 5.09. The summed E-state index contributed by atoms with van der Waals surface area (Å²) in [6.07, 6.45) is 4.56. The number of rotatable bonds is 4. The molecule has 0 saturated heterocycles. The first-order valence-electron chi connectivity index (χ1n) is 7.37. The Hall–Kier alpha value is -2.70. The molecule has 2 aliphatic rings. The molecule has 3 N–H and O–H groups in total. The quantitative estimate of drug-likeness (QED) is 0.487. The lowest BCUT2D eigenvalue weighted by Gasteiger charge is -2.39. The predicted molar refractivity (Wildman–Crippen MR) is 82.3 cm³/mol. The number of allylic oxidation sites excluding steroid dienone is 2. The van der Waals surface area contributed by atoms with Gasteiger partial charge in [-0.1, -0.05) is 24.3 Å². The number of amides is 2. The number of nitrogens with two attached hydrogens (primary N) is 1. The van der Waals surface area contributed by atoms with Crippen molar-refractivity contribution in [1.29, 1.82) is 0 Å². The summed E-state index contributed by atoms with van der Waals surface area (Å²) in [7, 11) is 1.52. The van der Waals surface area contributed by atoms with Gasteiger partial charge in [-0.25, -0.2) is 0 Å². The molecular weight excluding hydrogens is 298 g/mol. The summed E-state index contributed by atoms with van der Waals surface area (Å²) in [6.45, 7) is 0. The number of hydrogen-bond donors (Lipinski definition) is 2. The number of fused-ring (bicyclic) bond motifs is 2. The van der Waals surface area contributed by atoms with Crippen molar-refractivity contribution >= 4 is 17.5 Å². The summed E-state index contributed by atoms with van der Waals surface area (Å²) in [4.78, 5) is 35.2. The number of non-ortho nitro benzene ring substituents is 1. The third-order valence-corrected chi connectivity index (χ3v) is 5.09. The van der Waals surface area contributed by atoms with E-state index in [1.807, 2.05) is 12.2 Å². The minimum Gasteiger partial charge on any atom is -0.369 e. The first-order chi connectivity index (χ1) is 10.9. The molecule has 0 aliphatic heterocycles. The van der Waals surface area contributed by atoms with Gasteiger partial charge in [0, 0.05) is 19.2 Å². The Morgan fingerprint density at radius 2 is 1.96 bits per heavy atom. The van der Waals surface area contributed by atoms with E-state index in [2.05, 4.69) is 5.32 Å². The maximum atomic E-state index is 12.8. The average Bonchev–Trinajstić information content (AvgIpc) is 3.13. The number of likely N-dealkylation sites (N-methyl/N-ethyl adjacent to an activating group) is 1. The number of nitro benzene ring substituents is 1. The van der Waals surface area contributed by atoms with Crippen LogP contribution in [0, 0.1) is 27.9 Å². The molecule has 1 saturated carbocycles. The van der Waals surface area contributed by atoms with E-state index in [0.29, 0.717) is 12.0 Å². The van der Waals surface area contributed by atoms with Gasteiger partial charge in [0.05, 0.1) is 16.3 Å². The van der Waals surface area contributed by atoms with Crippen LogP contribution in [0.3, 0.4) is 0 Å². The molecule has 1 aromatic carbocycles. The van der Waals surface area contributed by atoms with E-state index >= 15 is 0 Å². The highest BCUT2D eigenvalue weighted by Crippen LogP contribution is 2.57. The second kappa shape index (κ2) is 5.19. The molecular formula is C16H17N3O4. The van der Waals surface area contributed by atoms with Crippen molar-refractivity contribution in [3.05, 3.63) is 52.1 Å². The minimum absolute atomic E-state index is 0.0601. The molecule has 2 aliphatic carbocycles. The standard InChI is InChI=1S/C16H17N3O4/c1-18-15(21)16(10-4-6-12(7-5-10)19(22)23)11-3-2-9(8-11)13(16)14(17)20/h2-7,9,11,13H,8H2,1H3,(H2,17,20)(H,18,21).